The van der Waals surface area contributed by atoms with E-state index in [4.69, 9.17) is 88.6 Å². The van der Waals surface area contributed by atoms with Gasteiger partial charge in [-0.2, -0.15) is 0 Å². The minimum absolute atomic E-state index is 0.0438. The average Bonchev–Trinajstić information content (AvgIpc) is 2.94. The number of carbonyl (C=O) groups is 4. The van der Waals surface area contributed by atoms with E-state index >= 15 is 0 Å². The molecule has 2 unspecified atom stereocenters. The van der Waals surface area contributed by atoms with Crippen molar-refractivity contribution in [1.29, 1.82) is 0 Å². The predicted molar refractivity (Wildman–Crippen MR) is 172 cm³/mol. The summed E-state index contributed by atoms with van der Waals surface area (Å²) in [6, 6.07) is 2.23. The molecule has 14 heteroatoms. The van der Waals surface area contributed by atoms with Gasteiger partial charge in [0.15, 0.2) is 11.5 Å². The van der Waals surface area contributed by atoms with Crippen LogP contribution in [0.4, 0.5) is 0 Å². The summed E-state index contributed by atoms with van der Waals surface area (Å²) in [7, 11) is 0. The van der Waals surface area contributed by atoms with E-state index in [0.29, 0.717) is 24.7 Å². The Labute approximate surface area is 286 Å². The van der Waals surface area contributed by atoms with Crippen LogP contribution >= 0.6 is 69.6 Å². The number of carbonyl (C=O) groups excluding carboxylic acids is 4. The highest BCUT2D eigenvalue weighted by Crippen LogP contribution is 2.41. The predicted octanol–water partition coefficient (Wildman–Crippen LogP) is 10.1. The molecule has 0 fully saturated rings. The standard InChI is InChI=1S/C30H32Cl6O8/c1-5-7-15(3)9-11-41-27(37)21-23(35)17(31)13-19(33)25(21)43-29(39)30(40)44-26-20(34)14-18(32)24(36)22(26)28(38)42-12-10-16(4)8-6-2/h13-16H,5-12H2,1-4H3. The summed E-state index contributed by atoms with van der Waals surface area (Å²) in [5.74, 6) is -5.85. The number of esters is 4. The van der Waals surface area contributed by atoms with E-state index in [9.17, 15) is 19.2 Å². The van der Waals surface area contributed by atoms with E-state index in [0.717, 1.165) is 37.8 Å². The summed E-state index contributed by atoms with van der Waals surface area (Å²) in [5.41, 5.74) is -0.940. The van der Waals surface area contributed by atoms with Crippen LogP contribution in [0.5, 0.6) is 11.5 Å². The molecule has 0 saturated carbocycles. The van der Waals surface area contributed by atoms with Gasteiger partial charge in [0.25, 0.3) is 0 Å². The van der Waals surface area contributed by atoms with Crippen LogP contribution in [0.25, 0.3) is 0 Å². The molecule has 0 aliphatic rings. The van der Waals surface area contributed by atoms with Crippen molar-refractivity contribution in [3.05, 3.63) is 53.4 Å². The molecule has 0 N–H and O–H groups in total. The van der Waals surface area contributed by atoms with Gasteiger partial charge in [0.05, 0.1) is 43.3 Å². The fourth-order valence-corrected chi connectivity index (χ4v) is 5.55. The molecule has 44 heavy (non-hydrogen) atoms. The fraction of sp³-hybridized carbons (Fsp3) is 0.467. The van der Waals surface area contributed by atoms with E-state index < -0.39 is 46.5 Å². The summed E-state index contributed by atoms with van der Waals surface area (Å²) < 4.78 is 20.9. The zero-order valence-corrected chi connectivity index (χ0v) is 29.0. The molecule has 8 nitrogen and oxygen atoms in total. The van der Waals surface area contributed by atoms with Crippen LogP contribution < -0.4 is 9.47 Å². The zero-order chi connectivity index (χ0) is 33.1. The molecule has 2 aromatic carbocycles. The molecule has 0 aromatic heterocycles. The van der Waals surface area contributed by atoms with E-state index in [1.807, 2.05) is 27.7 Å². The Hall–Kier alpha value is -1.94. The topological polar surface area (TPSA) is 105 Å². The highest BCUT2D eigenvalue weighted by atomic mass is 35.5. The quantitative estimate of drug-likeness (QED) is 0.0818. The molecule has 0 aliphatic carbocycles. The van der Waals surface area contributed by atoms with Crippen LogP contribution in [0.2, 0.25) is 30.1 Å². The minimum atomic E-state index is -1.65. The van der Waals surface area contributed by atoms with Crippen LogP contribution in [0.15, 0.2) is 12.1 Å². The van der Waals surface area contributed by atoms with Crippen molar-refractivity contribution >= 4 is 93.5 Å². The first-order valence-electron chi connectivity index (χ1n) is 13.9. The summed E-state index contributed by atoms with van der Waals surface area (Å²) >= 11 is 37.1. The van der Waals surface area contributed by atoms with Crippen LogP contribution in [-0.4, -0.2) is 37.1 Å². The average molecular weight is 733 g/mol. The van der Waals surface area contributed by atoms with Gasteiger partial charge in [0.2, 0.25) is 0 Å². The third kappa shape index (κ3) is 10.6. The molecule has 0 amide bonds. The van der Waals surface area contributed by atoms with E-state index in [2.05, 4.69) is 0 Å². The third-order valence-electron chi connectivity index (χ3n) is 6.47. The van der Waals surface area contributed by atoms with Gasteiger partial charge in [-0.1, -0.05) is 123 Å². The van der Waals surface area contributed by atoms with Gasteiger partial charge >= 0.3 is 23.9 Å². The molecule has 2 atom stereocenters. The van der Waals surface area contributed by atoms with E-state index in [1.54, 1.807) is 0 Å². The second kappa shape index (κ2) is 18.3. The van der Waals surface area contributed by atoms with E-state index in [1.165, 1.54) is 0 Å². The highest BCUT2D eigenvalue weighted by molar-refractivity contribution is 6.47. The van der Waals surface area contributed by atoms with Crippen LogP contribution in [0, 0.1) is 11.8 Å². The number of ether oxygens (including phenoxy) is 4. The first-order chi connectivity index (χ1) is 20.7. The van der Waals surface area contributed by atoms with Gasteiger partial charge in [0, 0.05) is 0 Å². The monoisotopic (exact) mass is 730 g/mol. The van der Waals surface area contributed by atoms with Crippen molar-refractivity contribution in [2.45, 2.75) is 66.2 Å². The van der Waals surface area contributed by atoms with Gasteiger partial charge in [-0.3, -0.25) is 0 Å². The third-order valence-corrected chi connectivity index (χ3v) is 8.60. The Morgan fingerprint density at radius 3 is 1.25 bits per heavy atom. The smallest absolute Gasteiger partial charge is 0.423 e. The van der Waals surface area contributed by atoms with Crippen molar-refractivity contribution in [3.8, 4) is 11.5 Å². The number of halogens is 6. The lowest BCUT2D eigenvalue weighted by Gasteiger charge is -2.16. The maximum atomic E-state index is 12.9. The van der Waals surface area contributed by atoms with E-state index in [-0.39, 0.29) is 43.3 Å². The summed E-state index contributed by atoms with van der Waals surface area (Å²) in [6.45, 7) is 8.20. The molecule has 0 saturated heterocycles. The fourth-order valence-electron chi connectivity index (χ4n) is 4.11. The highest BCUT2D eigenvalue weighted by Gasteiger charge is 2.32. The molecule has 0 heterocycles. The second-order valence-corrected chi connectivity index (χ2v) is 12.5. The van der Waals surface area contributed by atoms with Gasteiger partial charge in [0.1, 0.15) is 11.1 Å². The van der Waals surface area contributed by atoms with Crippen LogP contribution in [0.1, 0.15) is 86.9 Å². The van der Waals surface area contributed by atoms with Crippen molar-refractivity contribution in [1.82, 2.24) is 0 Å². The number of hydrogen-bond acceptors (Lipinski definition) is 8. The van der Waals surface area contributed by atoms with Gasteiger partial charge < -0.3 is 18.9 Å². The molecule has 0 radical (unpaired) electrons. The number of benzene rings is 2. The SMILES string of the molecule is CCCC(C)CCOC(=O)c1c(Cl)c(Cl)cc(Cl)c1OC(=O)C(=O)Oc1c(Cl)cc(Cl)c(Cl)c1C(=O)OCCC(C)CCC. The minimum Gasteiger partial charge on any atom is -0.462 e. The second-order valence-electron chi connectivity index (χ2n) is 10.1. The Morgan fingerprint density at radius 1 is 0.591 bits per heavy atom. The Balaban J connectivity index is 2.30. The van der Waals surface area contributed by atoms with Gasteiger partial charge in [-0.25, -0.2) is 19.2 Å². The first kappa shape index (κ1) is 38.2. The Bertz CT molecular complexity index is 1280. The van der Waals surface area contributed by atoms with Crippen molar-refractivity contribution < 1.29 is 38.1 Å². The van der Waals surface area contributed by atoms with Crippen molar-refractivity contribution in [2.24, 2.45) is 11.8 Å². The molecular formula is C30H32Cl6O8. The summed E-state index contributed by atoms with van der Waals surface area (Å²) in [6.07, 6.45) is 4.95. The van der Waals surface area contributed by atoms with Crippen LogP contribution in [-0.2, 0) is 19.1 Å². The normalized spacial score (nSPS) is 12.3. The van der Waals surface area contributed by atoms with Gasteiger partial charge in [-0.15, -0.1) is 0 Å². The van der Waals surface area contributed by atoms with Crippen molar-refractivity contribution in [3.63, 3.8) is 0 Å². The molecule has 2 rings (SSSR count). The lowest BCUT2D eigenvalue weighted by atomic mass is 10.0. The Morgan fingerprint density at radius 2 is 0.932 bits per heavy atom. The number of hydrogen-bond donors (Lipinski definition) is 0. The summed E-state index contributed by atoms with van der Waals surface area (Å²) in [4.78, 5) is 51.6. The summed E-state index contributed by atoms with van der Waals surface area (Å²) in [5, 5.41) is -1.52. The molecule has 2 aromatic rings. The first-order valence-corrected chi connectivity index (χ1v) is 16.1. The maximum absolute atomic E-state index is 12.9. The lowest BCUT2D eigenvalue weighted by Crippen LogP contribution is -2.27. The largest absolute Gasteiger partial charge is 0.462 e. The van der Waals surface area contributed by atoms with Crippen molar-refractivity contribution in [2.75, 3.05) is 13.2 Å². The molecule has 0 bridgehead atoms. The lowest BCUT2D eigenvalue weighted by molar-refractivity contribution is -0.156. The molecule has 242 valence electrons. The Kier molecular flexibility index (Phi) is 15.9. The zero-order valence-electron chi connectivity index (χ0n) is 24.5. The van der Waals surface area contributed by atoms with Crippen LogP contribution in [0.3, 0.4) is 0 Å². The number of rotatable bonds is 14. The van der Waals surface area contributed by atoms with Gasteiger partial charge in [-0.05, 0) is 36.8 Å². The molecular weight excluding hydrogens is 701 g/mol. The maximum Gasteiger partial charge on any atom is 0.423 e. The molecule has 0 spiro atoms. The molecule has 0 aliphatic heterocycles.